The predicted octanol–water partition coefficient (Wildman–Crippen LogP) is 3.48. The number of esters is 1. The smallest absolute Gasteiger partial charge is 0.361 e. The van der Waals surface area contributed by atoms with Gasteiger partial charge in [-0.05, 0) is 42.2 Å². The van der Waals surface area contributed by atoms with Gasteiger partial charge in [-0.3, -0.25) is 4.79 Å². The van der Waals surface area contributed by atoms with E-state index in [1.54, 1.807) is 19.1 Å². The fourth-order valence-electron chi connectivity index (χ4n) is 6.43. The number of aromatic nitrogens is 1. The normalized spacial score (nSPS) is 34.6. The largest absolute Gasteiger partial charge is 0.450 e. The molecule has 1 aromatic carbocycles. The Morgan fingerprint density at radius 2 is 1.95 bits per heavy atom. The lowest BCUT2D eigenvalue weighted by atomic mass is 9.63. The van der Waals surface area contributed by atoms with Crippen molar-refractivity contribution in [2.75, 3.05) is 6.61 Å². The minimum Gasteiger partial charge on any atom is -0.450 e. The Balaban J connectivity index is 1.55. The molecular weight excluding hydrogens is 474 g/mol. The van der Waals surface area contributed by atoms with Crippen molar-refractivity contribution in [3.63, 3.8) is 0 Å². The molecule has 3 N–H and O–H groups in total. The molecule has 196 valence electrons. The van der Waals surface area contributed by atoms with Gasteiger partial charge in [0.25, 0.3) is 0 Å². The second-order valence-corrected chi connectivity index (χ2v) is 11.3. The Hall–Kier alpha value is -3.07. The molecule has 2 aromatic rings. The van der Waals surface area contributed by atoms with Gasteiger partial charge in [-0.15, -0.1) is 0 Å². The number of carbonyl (C=O) groups is 2. The van der Waals surface area contributed by atoms with E-state index in [1.165, 1.54) is 6.07 Å². The Bertz CT molecular complexity index is 1290. The van der Waals surface area contributed by atoms with Gasteiger partial charge in [-0.2, -0.15) is 0 Å². The SMILES string of the molecule is CC1=CC23CCC(C)C(C)(C)C(C=C(CO)C(O)C2(O)C1OC(=O)c1cc(-c2ccccc2)on1)C3=O. The summed E-state index contributed by atoms with van der Waals surface area (Å²) < 4.78 is 11.1. The van der Waals surface area contributed by atoms with Crippen LogP contribution < -0.4 is 0 Å². The van der Waals surface area contributed by atoms with Crippen LogP contribution in [0.5, 0.6) is 0 Å². The van der Waals surface area contributed by atoms with Crippen LogP contribution in [0.3, 0.4) is 0 Å². The summed E-state index contributed by atoms with van der Waals surface area (Å²) in [6.07, 6.45) is 1.23. The zero-order valence-electron chi connectivity index (χ0n) is 21.5. The van der Waals surface area contributed by atoms with Gasteiger partial charge in [-0.25, -0.2) is 4.79 Å². The molecule has 8 nitrogen and oxygen atoms in total. The van der Waals surface area contributed by atoms with Crippen molar-refractivity contribution in [2.45, 2.75) is 58.3 Å². The van der Waals surface area contributed by atoms with Crippen LogP contribution in [-0.4, -0.2) is 56.6 Å². The average Bonchev–Trinajstić information content (AvgIpc) is 3.43. The number of hydrogen-bond acceptors (Lipinski definition) is 8. The second kappa shape index (κ2) is 8.75. The molecule has 0 amide bonds. The van der Waals surface area contributed by atoms with E-state index in [9.17, 15) is 24.9 Å². The van der Waals surface area contributed by atoms with E-state index in [0.717, 1.165) is 5.56 Å². The molecule has 0 radical (unpaired) electrons. The highest BCUT2D eigenvalue weighted by Gasteiger charge is 2.71. The van der Waals surface area contributed by atoms with Crippen molar-refractivity contribution in [2.24, 2.45) is 22.7 Å². The maximum absolute atomic E-state index is 14.2. The third-order valence-electron chi connectivity index (χ3n) is 9.10. The van der Waals surface area contributed by atoms with Gasteiger partial charge in [0.1, 0.15) is 6.10 Å². The number of benzene rings is 1. The van der Waals surface area contributed by atoms with Crippen LogP contribution in [0, 0.1) is 22.7 Å². The molecule has 3 aliphatic rings. The summed E-state index contributed by atoms with van der Waals surface area (Å²) in [7, 11) is 0. The van der Waals surface area contributed by atoms with Crippen LogP contribution >= 0.6 is 0 Å². The van der Waals surface area contributed by atoms with E-state index in [0.29, 0.717) is 17.8 Å². The lowest BCUT2D eigenvalue weighted by Gasteiger charge is -2.45. The number of ether oxygens (including phenoxy) is 1. The van der Waals surface area contributed by atoms with Crippen molar-refractivity contribution in [3.8, 4) is 11.3 Å². The number of Topliss-reactive ketones (excluding diaryl/α,β-unsaturated/α-hetero) is 1. The molecule has 37 heavy (non-hydrogen) atoms. The topological polar surface area (TPSA) is 130 Å². The van der Waals surface area contributed by atoms with E-state index in [-0.39, 0.29) is 29.4 Å². The number of aliphatic hydroxyl groups excluding tert-OH is 2. The molecule has 0 saturated heterocycles. The molecule has 1 fully saturated rings. The summed E-state index contributed by atoms with van der Waals surface area (Å²) in [5.41, 5.74) is -2.93. The van der Waals surface area contributed by atoms with Gasteiger partial charge >= 0.3 is 5.97 Å². The molecule has 3 aliphatic carbocycles. The zero-order chi connectivity index (χ0) is 26.8. The molecule has 1 aromatic heterocycles. The minimum atomic E-state index is -2.20. The van der Waals surface area contributed by atoms with E-state index in [2.05, 4.69) is 12.1 Å². The highest BCUT2D eigenvalue weighted by atomic mass is 16.6. The van der Waals surface area contributed by atoms with Gasteiger partial charge in [0, 0.05) is 17.5 Å². The van der Waals surface area contributed by atoms with Crippen molar-refractivity contribution in [3.05, 3.63) is 65.4 Å². The van der Waals surface area contributed by atoms with Crippen LogP contribution in [0.15, 0.2) is 64.2 Å². The van der Waals surface area contributed by atoms with E-state index >= 15 is 0 Å². The molecule has 1 spiro atoms. The van der Waals surface area contributed by atoms with Crippen molar-refractivity contribution < 1.29 is 34.2 Å². The van der Waals surface area contributed by atoms with E-state index in [1.807, 2.05) is 44.2 Å². The molecule has 0 aliphatic heterocycles. The maximum Gasteiger partial charge on any atom is 0.361 e. The molecule has 6 unspecified atom stereocenters. The molecule has 1 saturated carbocycles. The summed E-state index contributed by atoms with van der Waals surface area (Å²) in [6, 6.07) is 10.6. The predicted molar refractivity (Wildman–Crippen MR) is 134 cm³/mol. The molecule has 8 heteroatoms. The fourth-order valence-corrected chi connectivity index (χ4v) is 6.43. The van der Waals surface area contributed by atoms with Gasteiger partial charge < -0.3 is 24.6 Å². The van der Waals surface area contributed by atoms with Crippen LogP contribution in [0.25, 0.3) is 11.3 Å². The summed E-state index contributed by atoms with van der Waals surface area (Å²) in [5, 5.41) is 37.8. The van der Waals surface area contributed by atoms with Crippen molar-refractivity contribution >= 4 is 11.8 Å². The van der Waals surface area contributed by atoms with Crippen LogP contribution in [0.2, 0.25) is 0 Å². The molecule has 1 heterocycles. The lowest BCUT2D eigenvalue weighted by molar-refractivity contribution is -0.181. The monoisotopic (exact) mass is 507 g/mol. The van der Waals surface area contributed by atoms with Crippen LogP contribution in [0.4, 0.5) is 0 Å². The Morgan fingerprint density at radius 3 is 2.62 bits per heavy atom. The molecule has 2 bridgehead atoms. The highest BCUT2D eigenvalue weighted by molar-refractivity contribution is 5.95. The third kappa shape index (κ3) is 3.57. The third-order valence-corrected chi connectivity index (χ3v) is 9.10. The van der Waals surface area contributed by atoms with Crippen LogP contribution in [0.1, 0.15) is 51.0 Å². The number of rotatable bonds is 4. The maximum atomic E-state index is 14.2. The quantitative estimate of drug-likeness (QED) is 0.424. The van der Waals surface area contributed by atoms with Crippen LogP contribution in [-0.2, 0) is 9.53 Å². The highest BCUT2D eigenvalue weighted by Crippen LogP contribution is 2.60. The van der Waals surface area contributed by atoms with Gasteiger partial charge in [-0.1, -0.05) is 68.4 Å². The summed E-state index contributed by atoms with van der Waals surface area (Å²) in [6.45, 7) is 7.20. The van der Waals surface area contributed by atoms with E-state index in [4.69, 9.17) is 9.26 Å². The summed E-state index contributed by atoms with van der Waals surface area (Å²) >= 11 is 0. The number of nitrogens with zero attached hydrogens (tertiary/aromatic N) is 1. The molecular formula is C29H33NO7. The summed E-state index contributed by atoms with van der Waals surface area (Å²) in [4.78, 5) is 27.4. The van der Waals surface area contributed by atoms with Gasteiger partial charge in [0.2, 0.25) is 0 Å². The van der Waals surface area contributed by atoms with Crippen molar-refractivity contribution in [1.82, 2.24) is 5.16 Å². The molecule has 5 rings (SSSR count). The first-order valence-corrected chi connectivity index (χ1v) is 12.7. The number of aliphatic hydroxyl groups is 3. The minimum absolute atomic E-state index is 0.0999. The number of ketones is 1. The van der Waals surface area contributed by atoms with Gasteiger partial charge in [0.15, 0.2) is 28.9 Å². The number of allylic oxidation sites excluding steroid dienone is 1. The summed E-state index contributed by atoms with van der Waals surface area (Å²) in [5.74, 6) is -1.24. The first-order chi connectivity index (χ1) is 17.5. The number of hydrogen-bond donors (Lipinski definition) is 3. The Morgan fingerprint density at radius 1 is 1.24 bits per heavy atom. The fraction of sp³-hybridized carbons (Fsp3) is 0.483. The molecule has 6 atom stereocenters. The second-order valence-electron chi connectivity index (χ2n) is 11.3. The zero-order valence-corrected chi connectivity index (χ0v) is 21.5. The number of fused-ring (bicyclic) bond motifs is 1. The first kappa shape index (κ1) is 25.6. The average molecular weight is 508 g/mol. The Labute approximate surface area is 215 Å². The Kier molecular flexibility index (Phi) is 6.05. The van der Waals surface area contributed by atoms with Crippen molar-refractivity contribution in [1.29, 1.82) is 0 Å². The lowest BCUT2D eigenvalue weighted by Crippen LogP contribution is -2.63. The number of carbonyl (C=O) groups excluding carboxylic acids is 2. The van der Waals surface area contributed by atoms with Gasteiger partial charge in [0.05, 0.1) is 12.0 Å². The standard InChI is InChI=1S/C29H33NO7/c1-16-14-28-11-10-17(2)27(3,4)20(24(28)33)12-19(15-31)23(32)29(28,35)25(16)36-26(34)21-13-22(37-30-21)18-8-6-5-7-9-18/h5-9,12-14,17,20,23,25,31-32,35H,10-11,15H2,1-4H3. The first-order valence-electron chi connectivity index (χ1n) is 12.7. The van der Waals surface area contributed by atoms with E-state index < -0.39 is 47.1 Å².